The molecule has 2 heterocycles. The van der Waals surface area contributed by atoms with Crippen LogP contribution in [0.4, 0.5) is 23.1 Å². The minimum Gasteiger partial charge on any atom is -0.340 e. The molecule has 176 valence electrons. The number of nitrogens with zero attached hydrogens (tertiary/aromatic N) is 5. The summed E-state index contributed by atoms with van der Waals surface area (Å²) in [5.74, 6) is 1.42. The van der Waals surface area contributed by atoms with Gasteiger partial charge in [0.05, 0.1) is 4.90 Å². The molecular formula is C22H25N9O2S. The Kier molecular flexibility index (Phi) is 7.09. The van der Waals surface area contributed by atoms with Crippen molar-refractivity contribution in [2.45, 2.75) is 31.6 Å². The number of H-pyrrole nitrogens is 1. The van der Waals surface area contributed by atoms with Crippen molar-refractivity contribution >= 4 is 33.2 Å². The van der Waals surface area contributed by atoms with E-state index in [1.165, 1.54) is 0 Å². The zero-order valence-electron chi connectivity index (χ0n) is 18.8. The van der Waals surface area contributed by atoms with Gasteiger partial charge in [0.15, 0.2) is 0 Å². The number of hydrogen-bond acceptors (Lipinski definition) is 9. The zero-order chi connectivity index (χ0) is 24.0. The average molecular weight is 480 g/mol. The lowest BCUT2D eigenvalue weighted by molar-refractivity contribution is 0.578. The van der Waals surface area contributed by atoms with Gasteiger partial charge in [-0.3, -0.25) is 0 Å². The molecule has 0 aliphatic rings. The topological polar surface area (TPSA) is 150 Å². The molecule has 12 heteroatoms. The van der Waals surface area contributed by atoms with Gasteiger partial charge in [0.1, 0.15) is 5.82 Å². The highest BCUT2D eigenvalue weighted by atomic mass is 32.2. The van der Waals surface area contributed by atoms with Gasteiger partial charge >= 0.3 is 0 Å². The number of tetrazole rings is 1. The second-order valence-corrected chi connectivity index (χ2v) is 9.34. The molecule has 0 spiro atoms. The van der Waals surface area contributed by atoms with E-state index in [1.807, 2.05) is 38.1 Å². The molecule has 11 nitrogen and oxygen atoms in total. The first-order valence-electron chi connectivity index (χ1n) is 10.8. The Hall–Kier alpha value is -3.90. The van der Waals surface area contributed by atoms with Crippen molar-refractivity contribution in [1.82, 2.24) is 35.3 Å². The summed E-state index contributed by atoms with van der Waals surface area (Å²) in [5, 5.41) is 20.4. The maximum atomic E-state index is 12.6. The zero-order valence-corrected chi connectivity index (χ0v) is 19.6. The van der Waals surface area contributed by atoms with Gasteiger partial charge in [-0.1, -0.05) is 31.5 Å². The van der Waals surface area contributed by atoms with E-state index < -0.39 is 10.0 Å². The number of rotatable bonds is 10. The third-order valence-corrected chi connectivity index (χ3v) is 6.38. The fourth-order valence-electron chi connectivity index (χ4n) is 3.12. The van der Waals surface area contributed by atoms with Crippen LogP contribution in [0.25, 0.3) is 11.4 Å². The van der Waals surface area contributed by atoms with Crippen molar-refractivity contribution in [2.75, 3.05) is 17.2 Å². The van der Waals surface area contributed by atoms with Crippen LogP contribution in [-0.4, -0.2) is 45.6 Å². The van der Waals surface area contributed by atoms with Crippen LogP contribution in [0.15, 0.2) is 59.6 Å². The standard InChI is InChI=1S/C22H25N9O2S/c1-3-4-11-24-34(32,33)19-10-6-9-18(13-19)25-20-15(2)14-23-22(27-20)26-17-8-5-7-16(12-17)21-28-30-31-29-21/h5-10,12-14,24H,3-4,11H2,1-2H3,(H2,23,25,26,27)(H,28,29,30,31). The van der Waals surface area contributed by atoms with Gasteiger partial charge < -0.3 is 10.6 Å². The van der Waals surface area contributed by atoms with E-state index in [4.69, 9.17) is 0 Å². The Morgan fingerprint density at radius 2 is 1.82 bits per heavy atom. The molecule has 4 aromatic rings. The number of aromatic nitrogens is 6. The number of aryl methyl sites for hydroxylation is 1. The summed E-state index contributed by atoms with van der Waals surface area (Å²) in [5.41, 5.74) is 2.95. The molecule has 34 heavy (non-hydrogen) atoms. The summed E-state index contributed by atoms with van der Waals surface area (Å²) in [7, 11) is -3.58. The molecule has 2 aromatic carbocycles. The van der Waals surface area contributed by atoms with E-state index in [0.29, 0.717) is 29.8 Å². The van der Waals surface area contributed by atoms with Gasteiger partial charge in [0.2, 0.25) is 21.8 Å². The minimum absolute atomic E-state index is 0.192. The van der Waals surface area contributed by atoms with Crippen LogP contribution in [0.2, 0.25) is 0 Å². The molecule has 0 atom stereocenters. The van der Waals surface area contributed by atoms with Gasteiger partial charge in [-0.25, -0.2) is 18.1 Å². The van der Waals surface area contributed by atoms with Crippen LogP contribution >= 0.6 is 0 Å². The van der Waals surface area contributed by atoms with Crippen LogP contribution in [-0.2, 0) is 10.0 Å². The Balaban J connectivity index is 1.52. The molecule has 4 rings (SSSR count). The van der Waals surface area contributed by atoms with Gasteiger partial charge in [0, 0.05) is 35.2 Å². The summed E-state index contributed by atoms with van der Waals surface area (Å²) >= 11 is 0. The van der Waals surface area contributed by atoms with Crippen molar-refractivity contribution in [2.24, 2.45) is 0 Å². The fraction of sp³-hybridized carbons (Fsp3) is 0.227. The Morgan fingerprint density at radius 1 is 1.03 bits per heavy atom. The van der Waals surface area contributed by atoms with Crippen molar-refractivity contribution in [3.8, 4) is 11.4 Å². The fourth-order valence-corrected chi connectivity index (χ4v) is 4.24. The molecule has 0 amide bonds. The van der Waals surface area contributed by atoms with Gasteiger partial charge in [-0.2, -0.15) is 10.2 Å². The summed E-state index contributed by atoms with van der Waals surface area (Å²) < 4.78 is 27.7. The van der Waals surface area contributed by atoms with Crippen LogP contribution in [0.5, 0.6) is 0 Å². The van der Waals surface area contributed by atoms with E-state index in [0.717, 1.165) is 29.7 Å². The first-order valence-corrected chi connectivity index (χ1v) is 12.2. The van der Waals surface area contributed by atoms with Crippen molar-refractivity contribution in [3.63, 3.8) is 0 Å². The number of unbranched alkanes of at least 4 members (excludes halogenated alkanes) is 1. The predicted octanol–water partition coefficient (Wildman–Crippen LogP) is 3.53. The van der Waals surface area contributed by atoms with Crippen LogP contribution in [0.1, 0.15) is 25.3 Å². The van der Waals surface area contributed by atoms with Gasteiger partial charge in [-0.15, -0.1) is 10.2 Å². The Labute approximate surface area is 197 Å². The molecule has 4 N–H and O–H groups in total. The van der Waals surface area contributed by atoms with Crippen LogP contribution in [0, 0.1) is 6.92 Å². The summed E-state index contributed by atoms with van der Waals surface area (Å²) in [6.45, 7) is 4.29. The predicted molar refractivity (Wildman–Crippen MR) is 129 cm³/mol. The number of anilines is 4. The minimum atomic E-state index is -3.58. The van der Waals surface area contributed by atoms with E-state index in [9.17, 15) is 8.42 Å². The highest BCUT2D eigenvalue weighted by molar-refractivity contribution is 7.89. The first-order chi connectivity index (χ1) is 16.4. The highest BCUT2D eigenvalue weighted by Gasteiger charge is 2.14. The van der Waals surface area contributed by atoms with E-state index in [1.54, 1.807) is 30.5 Å². The van der Waals surface area contributed by atoms with Crippen molar-refractivity contribution < 1.29 is 8.42 Å². The third-order valence-electron chi connectivity index (χ3n) is 4.92. The largest absolute Gasteiger partial charge is 0.340 e. The second kappa shape index (κ2) is 10.4. The SMILES string of the molecule is CCCCNS(=O)(=O)c1cccc(Nc2nc(Nc3cccc(-c4nn[nH]n4)c3)ncc2C)c1. The molecule has 0 saturated carbocycles. The second-order valence-electron chi connectivity index (χ2n) is 7.57. The number of hydrogen-bond donors (Lipinski definition) is 4. The maximum absolute atomic E-state index is 12.6. The van der Waals surface area contributed by atoms with E-state index in [-0.39, 0.29) is 4.90 Å². The lowest BCUT2D eigenvalue weighted by Gasteiger charge is -2.12. The van der Waals surface area contributed by atoms with Crippen molar-refractivity contribution in [3.05, 3.63) is 60.3 Å². The molecule has 0 radical (unpaired) electrons. The number of sulfonamides is 1. The van der Waals surface area contributed by atoms with Gasteiger partial charge in [0.25, 0.3) is 0 Å². The highest BCUT2D eigenvalue weighted by Crippen LogP contribution is 2.24. The molecule has 0 aliphatic heterocycles. The molecule has 0 saturated heterocycles. The molecule has 2 aromatic heterocycles. The Bertz CT molecular complexity index is 1360. The average Bonchev–Trinajstić information content (AvgIpc) is 3.37. The van der Waals surface area contributed by atoms with Crippen molar-refractivity contribution in [1.29, 1.82) is 0 Å². The molecule has 0 fully saturated rings. The summed E-state index contributed by atoms with van der Waals surface area (Å²) in [6, 6.07) is 14.1. The summed E-state index contributed by atoms with van der Waals surface area (Å²) in [4.78, 5) is 9.10. The van der Waals surface area contributed by atoms with E-state index >= 15 is 0 Å². The van der Waals surface area contributed by atoms with Crippen LogP contribution in [0.3, 0.4) is 0 Å². The lowest BCUT2D eigenvalue weighted by atomic mass is 10.2. The molecular weight excluding hydrogens is 454 g/mol. The quantitative estimate of drug-likeness (QED) is 0.250. The molecule has 0 aliphatic carbocycles. The monoisotopic (exact) mass is 479 g/mol. The first kappa shape index (κ1) is 23.3. The number of nitrogens with one attached hydrogen (secondary N) is 4. The van der Waals surface area contributed by atoms with Crippen LogP contribution < -0.4 is 15.4 Å². The van der Waals surface area contributed by atoms with E-state index in [2.05, 4.69) is 45.9 Å². The number of aromatic amines is 1. The normalized spacial score (nSPS) is 11.4. The maximum Gasteiger partial charge on any atom is 0.240 e. The summed E-state index contributed by atoms with van der Waals surface area (Å²) in [6.07, 6.45) is 3.38. The van der Waals surface area contributed by atoms with Gasteiger partial charge in [-0.05, 0) is 48.9 Å². The molecule has 0 bridgehead atoms. The third kappa shape index (κ3) is 5.71. The lowest BCUT2D eigenvalue weighted by Crippen LogP contribution is -2.24. The Morgan fingerprint density at radius 3 is 2.59 bits per heavy atom. The number of benzene rings is 2. The molecule has 0 unspecified atom stereocenters. The smallest absolute Gasteiger partial charge is 0.240 e.